The van der Waals surface area contributed by atoms with Crippen LogP contribution >= 0.6 is 11.3 Å². The molecule has 1 N–H and O–H groups in total. The van der Waals surface area contributed by atoms with Crippen molar-refractivity contribution in [2.24, 2.45) is 0 Å². The summed E-state index contributed by atoms with van der Waals surface area (Å²) >= 11 is 1.64. The molecule has 2 unspecified atom stereocenters. The quantitative estimate of drug-likeness (QED) is 0.321. The number of dihydropyridines is 1. The summed E-state index contributed by atoms with van der Waals surface area (Å²) in [4.78, 5) is 39.5. The average molecular weight is 493 g/mol. The van der Waals surface area contributed by atoms with Crippen LogP contribution in [-0.4, -0.2) is 22.8 Å². The monoisotopic (exact) mass is 492 g/mol. The van der Waals surface area contributed by atoms with Gasteiger partial charge in [-0.3, -0.25) is 14.9 Å². The summed E-state index contributed by atoms with van der Waals surface area (Å²) in [5, 5.41) is 17.1. The van der Waals surface area contributed by atoms with Crippen LogP contribution in [-0.2, 0) is 14.3 Å². The van der Waals surface area contributed by atoms with E-state index in [-0.39, 0.29) is 23.5 Å². The van der Waals surface area contributed by atoms with Gasteiger partial charge in [0, 0.05) is 51.7 Å². The van der Waals surface area contributed by atoms with Crippen molar-refractivity contribution in [2.75, 3.05) is 0 Å². The Bertz CT molecular complexity index is 1250. The molecule has 1 aromatic carbocycles. The van der Waals surface area contributed by atoms with E-state index in [2.05, 4.69) is 5.32 Å². The van der Waals surface area contributed by atoms with Crippen molar-refractivity contribution in [1.82, 2.24) is 5.32 Å². The molecule has 0 bridgehead atoms. The maximum Gasteiger partial charge on any atom is 0.337 e. The number of nitro groups is 1. The van der Waals surface area contributed by atoms with Crippen molar-refractivity contribution in [1.29, 1.82) is 0 Å². The molecular weight excluding hydrogens is 464 g/mol. The minimum absolute atomic E-state index is 0.0240. The highest BCUT2D eigenvalue weighted by molar-refractivity contribution is 7.10. The molecule has 2 aliphatic carbocycles. The predicted octanol–water partition coefficient (Wildman–Crippen LogP) is 5.81. The van der Waals surface area contributed by atoms with Crippen molar-refractivity contribution in [3.05, 3.63) is 84.4 Å². The smallest absolute Gasteiger partial charge is 0.337 e. The number of nitrogens with one attached hydrogen (secondary N) is 1. The topological polar surface area (TPSA) is 98.5 Å². The van der Waals surface area contributed by atoms with Crippen molar-refractivity contribution < 1.29 is 19.2 Å². The number of thiophene rings is 1. The van der Waals surface area contributed by atoms with Crippen LogP contribution in [0.25, 0.3) is 0 Å². The number of nitrogens with zero attached hydrogens (tertiary/aromatic N) is 1. The van der Waals surface area contributed by atoms with Crippen LogP contribution < -0.4 is 5.32 Å². The molecule has 1 fully saturated rings. The zero-order valence-electron chi connectivity index (χ0n) is 19.8. The Morgan fingerprint density at radius 3 is 2.63 bits per heavy atom. The minimum Gasteiger partial charge on any atom is -0.459 e. The highest BCUT2D eigenvalue weighted by Crippen LogP contribution is 2.47. The van der Waals surface area contributed by atoms with Crippen LogP contribution in [0.1, 0.15) is 73.3 Å². The molecule has 5 rings (SSSR count). The van der Waals surface area contributed by atoms with Gasteiger partial charge in [-0.25, -0.2) is 4.79 Å². The molecule has 0 amide bonds. The van der Waals surface area contributed by atoms with Crippen LogP contribution in [0.2, 0.25) is 0 Å². The van der Waals surface area contributed by atoms with Crippen LogP contribution in [0, 0.1) is 17.0 Å². The number of esters is 1. The van der Waals surface area contributed by atoms with Crippen LogP contribution in [0.15, 0.2) is 58.3 Å². The SMILES string of the molecule is CC1=C(C(=O)OC2CCCC2)C(c2ccc(C)c([N+](=O)[O-])c2)C2=C(CC(c3cccs3)CC2=O)N1. The van der Waals surface area contributed by atoms with Crippen LogP contribution in [0.5, 0.6) is 0 Å². The summed E-state index contributed by atoms with van der Waals surface area (Å²) in [6, 6.07) is 9.01. The lowest BCUT2D eigenvalue weighted by atomic mass is 9.72. The van der Waals surface area contributed by atoms with E-state index in [4.69, 9.17) is 4.74 Å². The van der Waals surface area contributed by atoms with E-state index in [1.165, 1.54) is 6.07 Å². The largest absolute Gasteiger partial charge is 0.459 e. The number of ether oxygens (including phenoxy) is 1. The number of hydrogen-bond acceptors (Lipinski definition) is 7. The molecule has 0 radical (unpaired) electrons. The van der Waals surface area contributed by atoms with Gasteiger partial charge in [-0.05, 0) is 63.0 Å². The summed E-state index contributed by atoms with van der Waals surface area (Å²) in [5.74, 6) is -1.11. The first-order chi connectivity index (χ1) is 16.8. The maximum absolute atomic E-state index is 13.6. The third-order valence-electron chi connectivity index (χ3n) is 7.33. The maximum atomic E-state index is 13.6. The molecule has 182 valence electrons. The van der Waals surface area contributed by atoms with Gasteiger partial charge in [-0.15, -0.1) is 11.3 Å². The van der Waals surface area contributed by atoms with Gasteiger partial charge in [0.2, 0.25) is 0 Å². The van der Waals surface area contributed by atoms with E-state index in [9.17, 15) is 19.7 Å². The lowest BCUT2D eigenvalue weighted by molar-refractivity contribution is -0.385. The first-order valence-electron chi connectivity index (χ1n) is 12.1. The molecule has 2 aromatic rings. The fourth-order valence-corrected chi connectivity index (χ4v) is 6.42. The molecule has 0 saturated heterocycles. The van der Waals surface area contributed by atoms with Gasteiger partial charge in [-0.2, -0.15) is 0 Å². The molecule has 1 aromatic heterocycles. The first kappa shape index (κ1) is 23.5. The number of hydrogen-bond donors (Lipinski definition) is 1. The first-order valence-corrected chi connectivity index (χ1v) is 12.9. The number of Topliss-reactive ketones (excluding diaryl/α,β-unsaturated/α-hetero) is 1. The van der Waals surface area contributed by atoms with E-state index in [0.717, 1.165) is 36.3 Å². The Kier molecular flexibility index (Phi) is 6.32. The Morgan fingerprint density at radius 2 is 1.94 bits per heavy atom. The molecular formula is C27H28N2O5S. The number of allylic oxidation sites excluding steroid dienone is 3. The van der Waals surface area contributed by atoms with Gasteiger partial charge >= 0.3 is 5.97 Å². The van der Waals surface area contributed by atoms with Gasteiger partial charge in [0.25, 0.3) is 5.69 Å². The summed E-state index contributed by atoms with van der Waals surface area (Å²) < 4.78 is 5.87. The van der Waals surface area contributed by atoms with Gasteiger partial charge in [-0.1, -0.05) is 18.2 Å². The second-order valence-corrected chi connectivity index (χ2v) is 10.6. The number of benzene rings is 1. The number of nitro benzene ring substituents is 1. The fraction of sp³-hybridized carbons (Fsp3) is 0.407. The van der Waals surface area contributed by atoms with E-state index in [1.807, 2.05) is 24.4 Å². The predicted molar refractivity (Wildman–Crippen MR) is 133 cm³/mol. The standard InChI is InChI=1S/C27H28N2O5S/c1-15-9-10-17(13-21(15)29(32)33)25-24(27(31)34-19-6-3-4-7-19)16(2)28-20-12-18(14-22(30)26(20)25)23-8-5-11-35-23/h5,8-11,13,18-19,25,28H,3-4,6-7,12,14H2,1-2H3. The summed E-state index contributed by atoms with van der Waals surface area (Å²) in [5.41, 5.74) is 3.41. The second kappa shape index (κ2) is 9.41. The Hall–Kier alpha value is -3.26. The summed E-state index contributed by atoms with van der Waals surface area (Å²) in [6.45, 7) is 3.51. The lowest BCUT2D eigenvalue weighted by Gasteiger charge is -2.36. The van der Waals surface area contributed by atoms with Crippen molar-refractivity contribution in [3.63, 3.8) is 0 Å². The molecule has 3 aliphatic rings. The number of rotatable bonds is 5. The lowest BCUT2D eigenvalue weighted by Crippen LogP contribution is -2.36. The van der Waals surface area contributed by atoms with Crippen LogP contribution in [0.4, 0.5) is 5.69 Å². The Morgan fingerprint density at radius 1 is 1.17 bits per heavy atom. The van der Waals surface area contributed by atoms with Gasteiger partial charge in [0.15, 0.2) is 5.78 Å². The van der Waals surface area contributed by atoms with Crippen molar-refractivity contribution in [3.8, 4) is 0 Å². The third kappa shape index (κ3) is 4.43. The van der Waals surface area contributed by atoms with Gasteiger partial charge < -0.3 is 10.1 Å². The fourth-order valence-electron chi connectivity index (χ4n) is 5.59. The van der Waals surface area contributed by atoms with E-state index >= 15 is 0 Å². The number of carbonyl (C=O) groups excluding carboxylic acids is 2. The zero-order valence-corrected chi connectivity index (χ0v) is 20.7. The molecule has 1 saturated carbocycles. The average Bonchev–Trinajstić information content (AvgIpc) is 3.52. The summed E-state index contributed by atoms with van der Waals surface area (Å²) in [6.07, 6.45) is 4.59. The molecule has 2 heterocycles. The number of aryl methyl sites for hydroxylation is 1. The van der Waals surface area contributed by atoms with E-state index in [1.54, 1.807) is 30.4 Å². The molecule has 7 nitrogen and oxygen atoms in total. The van der Waals surface area contributed by atoms with Gasteiger partial charge in [0.1, 0.15) is 6.10 Å². The molecule has 1 aliphatic heterocycles. The van der Waals surface area contributed by atoms with Gasteiger partial charge in [0.05, 0.1) is 10.5 Å². The normalized spacial score (nSPS) is 22.7. The zero-order chi connectivity index (χ0) is 24.7. The molecule has 35 heavy (non-hydrogen) atoms. The number of carbonyl (C=O) groups is 2. The second-order valence-electron chi connectivity index (χ2n) is 9.65. The molecule has 0 spiro atoms. The minimum atomic E-state index is -0.698. The van der Waals surface area contributed by atoms with Crippen molar-refractivity contribution >= 4 is 28.8 Å². The summed E-state index contributed by atoms with van der Waals surface area (Å²) in [7, 11) is 0. The third-order valence-corrected chi connectivity index (χ3v) is 8.37. The van der Waals surface area contributed by atoms with Crippen LogP contribution in [0.3, 0.4) is 0 Å². The van der Waals surface area contributed by atoms with E-state index < -0.39 is 16.8 Å². The highest BCUT2D eigenvalue weighted by Gasteiger charge is 2.42. The van der Waals surface area contributed by atoms with E-state index in [0.29, 0.717) is 40.8 Å². The molecule has 2 atom stereocenters. The Balaban J connectivity index is 1.60. The highest BCUT2D eigenvalue weighted by atomic mass is 32.1. The number of ketones is 1. The molecule has 8 heteroatoms. The van der Waals surface area contributed by atoms with Crippen molar-refractivity contribution in [2.45, 2.75) is 70.3 Å². The Labute approximate surface area is 208 Å².